The van der Waals surface area contributed by atoms with Gasteiger partial charge in [-0.2, -0.15) is 0 Å². The molecule has 7 heteroatoms. The summed E-state index contributed by atoms with van der Waals surface area (Å²) in [6, 6.07) is 5.79. The van der Waals surface area contributed by atoms with Crippen molar-refractivity contribution in [2.75, 3.05) is 18.8 Å². The fourth-order valence-electron chi connectivity index (χ4n) is 3.65. The lowest BCUT2D eigenvalue weighted by molar-refractivity contribution is -0.130. The molecule has 2 aromatic rings. The van der Waals surface area contributed by atoms with Gasteiger partial charge in [-0.05, 0) is 25.0 Å². The van der Waals surface area contributed by atoms with Crippen LogP contribution in [0.4, 0.5) is 0 Å². The Bertz CT molecular complexity index is 768. The first kappa shape index (κ1) is 18.4. The summed E-state index contributed by atoms with van der Waals surface area (Å²) in [5.41, 5.74) is 0.811. The summed E-state index contributed by atoms with van der Waals surface area (Å²) in [5.74, 6) is 0.916. The molecule has 1 aromatic carbocycles. The van der Waals surface area contributed by atoms with Gasteiger partial charge >= 0.3 is 0 Å². The van der Waals surface area contributed by atoms with E-state index in [1.165, 1.54) is 37.0 Å². The smallest absolute Gasteiger partial charge is 0.274 e. The molecule has 140 valence electrons. The Morgan fingerprint density at radius 2 is 2.04 bits per heavy atom. The number of carbonyl (C=O) groups is 1. The second-order valence-corrected chi connectivity index (χ2v) is 9.67. The Balaban J connectivity index is 1.26. The van der Waals surface area contributed by atoms with Crippen molar-refractivity contribution in [3.8, 4) is 5.19 Å². The molecule has 0 unspecified atom stereocenters. The van der Waals surface area contributed by atoms with Crippen molar-refractivity contribution in [3.05, 3.63) is 23.2 Å². The molecule has 1 amide bonds. The van der Waals surface area contributed by atoms with Gasteiger partial charge in [0.15, 0.2) is 0 Å². The van der Waals surface area contributed by atoms with Crippen molar-refractivity contribution in [2.45, 2.75) is 49.9 Å². The molecule has 0 spiro atoms. The molecule has 0 atom stereocenters. The van der Waals surface area contributed by atoms with Gasteiger partial charge in [-0.25, -0.2) is 4.98 Å². The average molecular weight is 411 g/mol. The number of hydrogen-bond donors (Lipinski definition) is 0. The van der Waals surface area contributed by atoms with Crippen LogP contribution >= 0.6 is 34.7 Å². The topological polar surface area (TPSA) is 42.4 Å². The van der Waals surface area contributed by atoms with E-state index in [9.17, 15) is 4.79 Å². The third-order valence-electron chi connectivity index (χ3n) is 5.16. The van der Waals surface area contributed by atoms with Gasteiger partial charge in [0.05, 0.1) is 15.5 Å². The first-order chi connectivity index (χ1) is 12.7. The summed E-state index contributed by atoms with van der Waals surface area (Å²) in [5, 5.41) is 2.04. The number of nitrogens with zero attached hydrogens (tertiary/aromatic N) is 2. The lowest BCUT2D eigenvalue weighted by Gasteiger charge is -2.31. The number of thiazole rings is 1. The van der Waals surface area contributed by atoms with Crippen molar-refractivity contribution >= 4 is 50.8 Å². The quantitative estimate of drug-likeness (QED) is 0.695. The number of hydrogen-bond acceptors (Lipinski definition) is 5. The van der Waals surface area contributed by atoms with E-state index >= 15 is 0 Å². The molecule has 0 radical (unpaired) electrons. The number of carbonyl (C=O) groups excluding carboxylic acids is 1. The van der Waals surface area contributed by atoms with E-state index in [4.69, 9.17) is 16.3 Å². The highest BCUT2D eigenvalue weighted by Crippen LogP contribution is 2.33. The molecular weight excluding hydrogens is 388 g/mol. The Labute approximate surface area is 167 Å². The number of halogens is 1. The molecule has 2 fully saturated rings. The van der Waals surface area contributed by atoms with E-state index < -0.39 is 0 Å². The first-order valence-corrected chi connectivity index (χ1v) is 11.5. The SMILES string of the molecule is O=C(CSC1CCCC1)N1CCC(Oc2nc3c(Cl)cccc3s2)CC1. The Kier molecular flexibility index (Phi) is 5.91. The second kappa shape index (κ2) is 8.36. The molecule has 1 saturated heterocycles. The normalized spacial score (nSPS) is 19.3. The minimum atomic E-state index is 0.126. The van der Waals surface area contributed by atoms with Crippen molar-refractivity contribution in [1.82, 2.24) is 9.88 Å². The number of likely N-dealkylation sites (tertiary alicyclic amines) is 1. The van der Waals surface area contributed by atoms with E-state index in [1.807, 2.05) is 34.9 Å². The van der Waals surface area contributed by atoms with Crippen LogP contribution in [0, 0.1) is 0 Å². The highest BCUT2D eigenvalue weighted by molar-refractivity contribution is 8.00. The third kappa shape index (κ3) is 4.29. The first-order valence-electron chi connectivity index (χ1n) is 9.30. The summed E-state index contributed by atoms with van der Waals surface area (Å²) >= 11 is 9.57. The molecule has 4 rings (SSSR count). The summed E-state index contributed by atoms with van der Waals surface area (Å²) in [7, 11) is 0. The van der Waals surface area contributed by atoms with Crippen LogP contribution in [0.2, 0.25) is 5.02 Å². The molecular formula is C19H23ClN2O2S2. The van der Waals surface area contributed by atoms with Crippen LogP contribution < -0.4 is 4.74 Å². The maximum atomic E-state index is 12.4. The fourth-order valence-corrected chi connectivity index (χ4v) is 6.05. The number of ether oxygens (including phenoxy) is 1. The van der Waals surface area contributed by atoms with Crippen LogP contribution in [0.25, 0.3) is 10.2 Å². The lowest BCUT2D eigenvalue weighted by atomic mass is 10.1. The standard InChI is InChI=1S/C19H23ClN2O2S2/c20-15-6-3-7-16-18(15)21-19(26-16)24-13-8-10-22(11-9-13)17(23)12-25-14-4-1-2-5-14/h3,6-7,13-14H,1-2,4-5,8-12H2. The van der Waals surface area contributed by atoms with Gasteiger partial charge in [0.1, 0.15) is 11.6 Å². The summed E-state index contributed by atoms with van der Waals surface area (Å²) in [6.45, 7) is 1.56. The molecule has 0 N–H and O–H groups in total. The van der Waals surface area contributed by atoms with E-state index in [-0.39, 0.29) is 12.0 Å². The number of amides is 1. The number of piperidine rings is 1. The van der Waals surface area contributed by atoms with Crippen molar-refractivity contribution in [1.29, 1.82) is 0 Å². The molecule has 1 saturated carbocycles. The maximum absolute atomic E-state index is 12.4. The predicted octanol–water partition coefficient (Wildman–Crippen LogP) is 5.00. The molecule has 1 aromatic heterocycles. The van der Waals surface area contributed by atoms with Crippen LogP contribution in [0.5, 0.6) is 5.19 Å². The molecule has 1 aliphatic carbocycles. The predicted molar refractivity (Wildman–Crippen MR) is 110 cm³/mol. The van der Waals surface area contributed by atoms with Crippen molar-refractivity contribution < 1.29 is 9.53 Å². The van der Waals surface area contributed by atoms with Gasteiger partial charge in [0, 0.05) is 31.2 Å². The zero-order valence-electron chi connectivity index (χ0n) is 14.7. The zero-order chi connectivity index (χ0) is 17.9. The Morgan fingerprint density at radius 1 is 1.27 bits per heavy atom. The van der Waals surface area contributed by atoms with Crippen molar-refractivity contribution in [3.63, 3.8) is 0 Å². The third-order valence-corrected chi connectivity index (χ3v) is 7.73. The van der Waals surface area contributed by atoms with Gasteiger partial charge < -0.3 is 9.64 Å². The molecule has 1 aliphatic heterocycles. The highest BCUT2D eigenvalue weighted by Gasteiger charge is 2.26. The van der Waals surface area contributed by atoms with Crippen LogP contribution in [-0.4, -0.2) is 46.0 Å². The van der Waals surface area contributed by atoms with Crippen LogP contribution in [0.1, 0.15) is 38.5 Å². The van der Waals surface area contributed by atoms with Gasteiger partial charge in [-0.15, -0.1) is 11.8 Å². The molecule has 4 nitrogen and oxygen atoms in total. The van der Waals surface area contributed by atoms with Crippen molar-refractivity contribution in [2.24, 2.45) is 0 Å². The number of para-hydroxylation sites is 1. The van der Waals surface area contributed by atoms with E-state index in [1.54, 1.807) is 0 Å². The van der Waals surface area contributed by atoms with Gasteiger partial charge in [0.25, 0.3) is 5.19 Å². The maximum Gasteiger partial charge on any atom is 0.274 e. The number of benzene rings is 1. The van der Waals surface area contributed by atoms with Gasteiger partial charge in [0.2, 0.25) is 5.91 Å². The van der Waals surface area contributed by atoms with Crippen LogP contribution in [0.3, 0.4) is 0 Å². The lowest BCUT2D eigenvalue weighted by Crippen LogP contribution is -2.42. The molecule has 2 aliphatic rings. The fraction of sp³-hybridized carbons (Fsp3) is 0.579. The molecule has 2 heterocycles. The van der Waals surface area contributed by atoms with Crippen LogP contribution in [0.15, 0.2) is 18.2 Å². The summed E-state index contributed by atoms with van der Waals surface area (Å²) in [4.78, 5) is 18.9. The number of fused-ring (bicyclic) bond motifs is 1. The van der Waals surface area contributed by atoms with Crippen LogP contribution in [-0.2, 0) is 4.79 Å². The zero-order valence-corrected chi connectivity index (χ0v) is 17.0. The Morgan fingerprint density at radius 3 is 2.77 bits per heavy atom. The van der Waals surface area contributed by atoms with Gasteiger partial charge in [-0.1, -0.05) is 41.8 Å². The number of thioether (sulfide) groups is 1. The highest BCUT2D eigenvalue weighted by atomic mass is 35.5. The monoisotopic (exact) mass is 410 g/mol. The number of rotatable bonds is 5. The van der Waals surface area contributed by atoms with E-state index in [0.29, 0.717) is 21.2 Å². The largest absolute Gasteiger partial charge is 0.467 e. The minimum absolute atomic E-state index is 0.126. The number of aromatic nitrogens is 1. The van der Waals surface area contributed by atoms with E-state index in [2.05, 4.69) is 4.98 Å². The molecule has 26 heavy (non-hydrogen) atoms. The van der Waals surface area contributed by atoms with E-state index in [0.717, 1.165) is 36.1 Å². The minimum Gasteiger partial charge on any atom is -0.467 e. The van der Waals surface area contributed by atoms with Gasteiger partial charge in [-0.3, -0.25) is 4.79 Å². The summed E-state index contributed by atoms with van der Waals surface area (Å²) in [6.07, 6.45) is 7.06. The summed E-state index contributed by atoms with van der Waals surface area (Å²) < 4.78 is 7.12. The second-order valence-electron chi connectivity index (χ2n) is 6.98. The molecule has 0 bridgehead atoms. The Hall–Kier alpha value is -0.980. The average Bonchev–Trinajstić information content (AvgIpc) is 3.30.